The van der Waals surface area contributed by atoms with Gasteiger partial charge in [0.15, 0.2) is 30.7 Å². The van der Waals surface area contributed by atoms with Crippen LogP contribution in [0.15, 0.2) is 168 Å². The molecule has 2 fully saturated rings. The molecule has 7 aromatic rings. The van der Waals surface area contributed by atoms with E-state index in [0.29, 0.717) is 51.2 Å². The molecule has 7 aromatic carbocycles. The van der Waals surface area contributed by atoms with Gasteiger partial charge in [-0.25, -0.2) is 0 Å². The smallest absolute Gasteiger partial charge is 0.189 e. The predicted molar refractivity (Wildman–Crippen MR) is 350 cm³/mol. The summed E-state index contributed by atoms with van der Waals surface area (Å²) in [4.78, 5) is 9.70. The van der Waals surface area contributed by atoms with Gasteiger partial charge in [0, 0.05) is 39.4 Å². The van der Waals surface area contributed by atoms with Gasteiger partial charge in [-0.15, -0.1) is 0 Å². The first-order valence-electron chi connectivity index (χ1n) is 28.7. The van der Waals surface area contributed by atoms with Crippen LogP contribution in [-0.4, -0.2) is 107 Å². The lowest BCUT2D eigenvalue weighted by Gasteiger charge is -2.41. The lowest BCUT2D eigenvalue weighted by atomic mass is 9.91. The summed E-state index contributed by atoms with van der Waals surface area (Å²) >= 11 is 26.6. The zero-order valence-electron chi connectivity index (χ0n) is 45.6. The highest BCUT2D eigenvalue weighted by atomic mass is 32.2. The quantitative estimate of drug-likeness (QED) is 0.0590. The second kappa shape index (κ2) is 23.4. The van der Waals surface area contributed by atoms with Crippen LogP contribution in [0, 0.1) is 11.8 Å². The topological polar surface area (TPSA) is 69.1 Å². The van der Waals surface area contributed by atoms with E-state index in [1.807, 2.05) is 12.1 Å². The van der Waals surface area contributed by atoms with E-state index in [4.69, 9.17) is 68.6 Å². The second-order valence-electron chi connectivity index (χ2n) is 22.2. The Hall–Kier alpha value is -6.22. The van der Waals surface area contributed by atoms with E-state index in [9.17, 15) is 0 Å². The van der Waals surface area contributed by atoms with Crippen LogP contribution in [0.5, 0.6) is 0 Å². The maximum absolute atomic E-state index is 6.71. The molecule has 18 heteroatoms. The zero-order chi connectivity index (χ0) is 55.3. The summed E-state index contributed by atoms with van der Waals surface area (Å²) in [5.41, 5.74) is 8.82. The van der Waals surface area contributed by atoms with Crippen LogP contribution in [0.2, 0.25) is 0 Å². The highest BCUT2D eigenvalue weighted by Crippen LogP contribution is 2.51. The molecule has 6 bridgehead atoms. The van der Waals surface area contributed by atoms with Gasteiger partial charge in [0.1, 0.15) is 0 Å². The molecule has 10 aliphatic rings. The molecule has 2 saturated heterocycles. The Kier molecular flexibility index (Phi) is 15.4. The highest BCUT2D eigenvalue weighted by molar-refractivity contribution is 8.15. The largest absolute Gasteiger partial charge is 0.377 e. The molecule has 0 aliphatic carbocycles. The van der Waals surface area contributed by atoms with E-state index in [1.165, 1.54) is 54.0 Å². The first-order valence-corrected chi connectivity index (χ1v) is 32.6. The van der Waals surface area contributed by atoms with Crippen molar-refractivity contribution in [3.8, 4) is 0 Å². The summed E-state index contributed by atoms with van der Waals surface area (Å²) in [6.07, 6.45) is 6.30. The van der Waals surface area contributed by atoms with E-state index in [1.54, 1.807) is 0 Å². The summed E-state index contributed by atoms with van der Waals surface area (Å²) < 4.78 is 22.1. The average Bonchev–Trinajstić information content (AvgIpc) is 3.95. The van der Waals surface area contributed by atoms with Gasteiger partial charge in [0.05, 0.1) is 72.5 Å². The van der Waals surface area contributed by atoms with Gasteiger partial charge in [0.25, 0.3) is 0 Å². The highest BCUT2D eigenvalue weighted by Gasteiger charge is 2.52. The fourth-order valence-corrected chi connectivity index (χ4v) is 19.4. The molecule has 17 rings (SSSR count). The number of ether oxygens (including phenoxy) is 2. The molecule has 10 aliphatic heterocycles. The average molecular weight is 1200 g/mol. The van der Waals surface area contributed by atoms with Gasteiger partial charge in [-0.2, -0.15) is 10.2 Å². The lowest BCUT2D eigenvalue weighted by Crippen LogP contribution is -2.56. The Morgan fingerprint density at radius 1 is 0.390 bits per heavy atom. The monoisotopic (exact) mass is 1200 g/mol. The number of hydrogen-bond acceptors (Lipinski definition) is 8. The molecule has 0 amide bonds. The molecule has 0 spiro atoms. The van der Waals surface area contributed by atoms with Crippen molar-refractivity contribution in [3.05, 3.63) is 191 Å². The number of unbranched alkanes of at least 4 members (excludes halogenated alkanes) is 2. The number of nitrogens with zero attached hydrogens (tertiary/aromatic N) is 10. The van der Waals surface area contributed by atoms with Gasteiger partial charge < -0.3 is 9.47 Å². The maximum atomic E-state index is 6.71. The van der Waals surface area contributed by atoms with Crippen LogP contribution < -0.4 is 0 Å². The van der Waals surface area contributed by atoms with Crippen LogP contribution in [0.1, 0.15) is 71.9 Å². The molecule has 4 unspecified atom stereocenters. The molecule has 418 valence electrons. The number of benzene rings is 7. The number of rotatable bonds is 14. The Balaban J connectivity index is 0.799. The molecule has 82 heavy (non-hydrogen) atoms. The second-order valence-corrected chi connectivity index (χ2v) is 27.2. The first kappa shape index (κ1) is 53.8. The third kappa shape index (κ3) is 10.3. The summed E-state index contributed by atoms with van der Waals surface area (Å²) in [5, 5.41) is 20.2. The molecule has 4 atom stereocenters. The molecule has 12 nitrogen and oxygen atoms in total. The van der Waals surface area contributed by atoms with Crippen molar-refractivity contribution in [2.75, 3.05) is 39.4 Å². The summed E-state index contributed by atoms with van der Waals surface area (Å²) in [6, 6.07) is 55.8. The number of thiocarbonyl (C=S) groups is 4. The van der Waals surface area contributed by atoms with Crippen molar-refractivity contribution in [1.82, 2.24) is 36.8 Å². The Morgan fingerprint density at radius 3 is 1.07 bits per heavy atom. The Bertz CT molecular complexity index is 3440. The molecular formula is C64H64N10O2S6. The van der Waals surface area contributed by atoms with Crippen molar-refractivity contribution in [2.45, 2.75) is 77.9 Å². The standard InChI is InChI=1S/C64H64N10O2S6/c77-59-67-35-49(19-11-13-33-75-43-47-15-3-1-4-16-47)37-69-61(79)73-41-57-53-21-7-9-23-55(53)58(56-24-10-8-22-54(56)57)42-74-62(80)70-38-50(20-12-14-34-76-44-48-17-5-2-6-18-48)36-68-60(78)72(82(74)64(68)70)40-46-27-31-52(32-28-46)66-65-51-29-25-45(26-30-51)39-71(59)81(73)63(67)69/h1-10,15-18,21-32,49-50H,11-14,19-20,33-44H2. The van der Waals surface area contributed by atoms with Gasteiger partial charge in [-0.05, 0) is 166 Å². The fourth-order valence-electron chi connectivity index (χ4n) is 12.7. The third-order valence-corrected chi connectivity index (χ3v) is 23.4. The Labute approximate surface area is 507 Å². The van der Waals surface area contributed by atoms with Crippen molar-refractivity contribution in [3.63, 3.8) is 0 Å². The molecule has 0 saturated carbocycles. The fraction of sp³-hybridized carbons (Fsp3) is 0.312. The number of fused-ring (bicyclic) bond motifs is 2. The molecule has 0 radical (unpaired) electrons. The summed E-state index contributed by atoms with van der Waals surface area (Å²) in [7, 11) is -1.17. The van der Waals surface area contributed by atoms with Crippen LogP contribution in [-0.2, 0) is 48.9 Å². The predicted octanol–water partition coefficient (Wildman–Crippen LogP) is 14.1. The van der Waals surface area contributed by atoms with Gasteiger partial charge in [-0.1, -0.05) is 146 Å². The van der Waals surface area contributed by atoms with Crippen LogP contribution in [0.25, 0.3) is 21.5 Å². The SMILES string of the molecule is S=C1N2CC(CCCCOCc3ccccc3)CN3C(=S)N4Cc5c6ccccc6c(c6ccccc56)CN5C(=S)N6CC(CCCCOCc7ccccc7)CN7C(=S)N(Cc8ccc(cc8)N=Nc8ccc(cc8)CN1S4=C23)S5=C76. The van der Waals surface area contributed by atoms with E-state index in [2.05, 4.69) is 182 Å². The summed E-state index contributed by atoms with van der Waals surface area (Å²) in [5.74, 6) is 0.769. The first-order chi connectivity index (χ1) is 40.3. The molecule has 10 heterocycles. The molecular weight excluding hydrogens is 1130 g/mol. The number of hydrogen-bond donors (Lipinski definition) is 0. The third-order valence-electron chi connectivity index (χ3n) is 16.7. The maximum Gasteiger partial charge on any atom is 0.189 e. The van der Waals surface area contributed by atoms with Crippen LogP contribution in [0.3, 0.4) is 0 Å². The van der Waals surface area contributed by atoms with E-state index in [0.717, 1.165) is 121 Å². The molecule has 0 aromatic heterocycles. The minimum absolute atomic E-state index is 0.385. The minimum Gasteiger partial charge on any atom is -0.377 e. The lowest BCUT2D eigenvalue weighted by molar-refractivity contribution is 0.115. The van der Waals surface area contributed by atoms with Gasteiger partial charge >= 0.3 is 0 Å². The summed E-state index contributed by atoms with van der Waals surface area (Å²) in [6.45, 7) is 8.74. The number of azo groups is 1. The van der Waals surface area contributed by atoms with Crippen molar-refractivity contribution in [2.24, 2.45) is 22.1 Å². The van der Waals surface area contributed by atoms with Crippen molar-refractivity contribution >= 4 is 134 Å². The van der Waals surface area contributed by atoms with E-state index < -0.39 is 21.7 Å². The van der Waals surface area contributed by atoms with Crippen LogP contribution in [0.4, 0.5) is 11.4 Å². The van der Waals surface area contributed by atoms with Gasteiger partial charge in [0.2, 0.25) is 0 Å². The van der Waals surface area contributed by atoms with Gasteiger partial charge in [-0.3, -0.25) is 36.8 Å². The zero-order valence-corrected chi connectivity index (χ0v) is 50.5. The normalized spacial score (nSPS) is 21.2. The Morgan fingerprint density at radius 2 is 0.720 bits per heavy atom. The molecule has 0 N–H and O–H groups in total. The van der Waals surface area contributed by atoms with E-state index in [-0.39, 0.29) is 0 Å². The van der Waals surface area contributed by atoms with Crippen molar-refractivity contribution < 1.29 is 9.47 Å². The van der Waals surface area contributed by atoms with Crippen LogP contribution >= 0.6 is 70.6 Å². The van der Waals surface area contributed by atoms with E-state index >= 15 is 0 Å². The van der Waals surface area contributed by atoms with Crippen molar-refractivity contribution in [1.29, 1.82) is 0 Å². The minimum atomic E-state index is -0.583.